The van der Waals surface area contributed by atoms with Gasteiger partial charge < -0.3 is 0 Å². The highest BCUT2D eigenvalue weighted by atomic mass is 15.1. The maximum absolute atomic E-state index is 4.08. The van der Waals surface area contributed by atoms with E-state index >= 15 is 0 Å². The van der Waals surface area contributed by atoms with Crippen LogP contribution in [0.5, 0.6) is 0 Å². The van der Waals surface area contributed by atoms with E-state index in [4.69, 9.17) is 0 Å². The first-order valence-electron chi connectivity index (χ1n) is 4.76. The van der Waals surface area contributed by atoms with Gasteiger partial charge in [0.15, 0.2) is 0 Å². The van der Waals surface area contributed by atoms with Crippen LogP contribution in [0.25, 0.3) is 11.3 Å². The highest BCUT2D eigenvalue weighted by Gasteiger charge is 2.28. The lowest BCUT2D eigenvalue weighted by atomic mass is 10.1. The molecule has 0 unspecified atom stereocenters. The normalized spacial score (nSPS) is 15.7. The van der Waals surface area contributed by atoms with E-state index in [9.17, 15) is 0 Å². The van der Waals surface area contributed by atoms with E-state index in [-0.39, 0.29) is 0 Å². The van der Waals surface area contributed by atoms with Crippen LogP contribution >= 0.6 is 0 Å². The quantitative estimate of drug-likeness (QED) is 0.777. The molecule has 1 fully saturated rings. The van der Waals surface area contributed by atoms with Crippen molar-refractivity contribution < 1.29 is 0 Å². The van der Waals surface area contributed by atoms with Crippen LogP contribution in [0.4, 0.5) is 0 Å². The zero-order chi connectivity index (χ0) is 9.38. The van der Waals surface area contributed by atoms with Crippen molar-refractivity contribution in [2.75, 3.05) is 0 Å². The van der Waals surface area contributed by atoms with Crippen LogP contribution in [-0.4, -0.2) is 20.4 Å². The smallest absolute Gasteiger partial charge is 0.0964 e. The number of nitrogens with zero attached hydrogens (tertiary/aromatic N) is 3. The van der Waals surface area contributed by atoms with Gasteiger partial charge >= 0.3 is 0 Å². The zero-order valence-corrected chi connectivity index (χ0v) is 7.64. The van der Waals surface area contributed by atoms with Gasteiger partial charge in [-0.3, -0.25) is 5.10 Å². The molecule has 3 rings (SSSR count). The maximum atomic E-state index is 4.08. The molecule has 1 aliphatic carbocycles. The van der Waals surface area contributed by atoms with Gasteiger partial charge in [-0.15, -0.1) is 0 Å². The molecule has 0 radical (unpaired) electrons. The summed E-state index contributed by atoms with van der Waals surface area (Å²) in [7, 11) is 0. The minimum absolute atomic E-state index is 0.662. The molecule has 4 heteroatoms. The van der Waals surface area contributed by atoms with Crippen molar-refractivity contribution in [3.63, 3.8) is 0 Å². The first-order chi connectivity index (χ1) is 6.95. The number of aromatic amines is 1. The second-order valence-electron chi connectivity index (χ2n) is 3.58. The monoisotopic (exact) mass is 186 g/mol. The summed E-state index contributed by atoms with van der Waals surface area (Å²) in [4.78, 5) is 0. The lowest BCUT2D eigenvalue weighted by Crippen LogP contribution is -1.88. The molecule has 2 aromatic heterocycles. The molecule has 0 amide bonds. The molecule has 0 bridgehead atoms. The van der Waals surface area contributed by atoms with Crippen molar-refractivity contribution >= 4 is 0 Å². The third-order valence-corrected chi connectivity index (χ3v) is 2.50. The minimum Gasteiger partial charge on any atom is -0.282 e. The van der Waals surface area contributed by atoms with Gasteiger partial charge in [0.1, 0.15) is 0 Å². The minimum atomic E-state index is 0.662. The number of H-pyrrole nitrogens is 1. The molecule has 1 aliphatic rings. The summed E-state index contributed by atoms with van der Waals surface area (Å²) >= 11 is 0. The van der Waals surface area contributed by atoms with Crippen molar-refractivity contribution in [2.45, 2.75) is 18.8 Å². The molecule has 0 atom stereocenters. The van der Waals surface area contributed by atoms with Crippen LogP contribution in [0.1, 0.15) is 24.5 Å². The first kappa shape index (κ1) is 7.67. The first-order valence-corrected chi connectivity index (χ1v) is 4.76. The summed E-state index contributed by atoms with van der Waals surface area (Å²) in [6.07, 6.45) is 6.03. The summed E-state index contributed by atoms with van der Waals surface area (Å²) in [5.74, 6) is 0.662. The number of hydrogen-bond donors (Lipinski definition) is 1. The maximum Gasteiger partial charge on any atom is 0.0964 e. The van der Waals surface area contributed by atoms with E-state index in [1.165, 1.54) is 18.5 Å². The standard InChI is InChI=1S/C10H10N4/c1-2-9(13-11-5-1)8-6-12-14-10(8)7-3-4-7/h1-2,5-7H,3-4H2,(H,12,14). The fourth-order valence-corrected chi connectivity index (χ4v) is 1.63. The van der Waals surface area contributed by atoms with E-state index in [0.717, 1.165) is 11.3 Å². The molecule has 0 spiro atoms. The van der Waals surface area contributed by atoms with Gasteiger partial charge in [0, 0.05) is 23.4 Å². The number of rotatable bonds is 2. The Balaban J connectivity index is 2.07. The molecule has 70 valence electrons. The fourth-order valence-electron chi connectivity index (χ4n) is 1.63. The third kappa shape index (κ3) is 1.19. The predicted molar refractivity (Wildman–Crippen MR) is 51.6 cm³/mol. The Hall–Kier alpha value is -1.71. The van der Waals surface area contributed by atoms with E-state index in [1.54, 1.807) is 6.20 Å². The van der Waals surface area contributed by atoms with E-state index in [0.29, 0.717) is 5.92 Å². The van der Waals surface area contributed by atoms with Gasteiger partial charge in [-0.05, 0) is 25.0 Å². The zero-order valence-electron chi connectivity index (χ0n) is 7.64. The average Bonchev–Trinajstić information content (AvgIpc) is 2.98. The van der Waals surface area contributed by atoms with Crippen LogP contribution in [0, 0.1) is 0 Å². The van der Waals surface area contributed by atoms with Crippen molar-refractivity contribution in [2.24, 2.45) is 0 Å². The van der Waals surface area contributed by atoms with Crippen LogP contribution in [0.15, 0.2) is 24.5 Å². The van der Waals surface area contributed by atoms with Crippen LogP contribution < -0.4 is 0 Å². The van der Waals surface area contributed by atoms with Gasteiger partial charge in [0.2, 0.25) is 0 Å². The summed E-state index contributed by atoms with van der Waals surface area (Å²) in [6, 6.07) is 3.86. The van der Waals surface area contributed by atoms with Crippen LogP contribution in [-0.2, 0) is 0 Å². The van der Waals surface area contributed by atoms with Crippen molar-refractivity contribution in [1.82, 2.24) is 20.4 Å². The van der Waals surface area contributed by atoms with Crippen molar-refractivity contribution in [3.05, 3.63) is 30.2 Å². The highest BCUT2D eigenvalue weighted by Crippen LogP contribution is 2.42. The van der Waals surface area contributed by atoms with Crippen molar-refractivity contribution in [1.29, 1.82) is 0 Å². The second-order valence-corrected chi connectivity index (χ2v) is 3.58. The highest BCUT2D eigenvalue weighted by molar-refractivity contribution is 5.61. The lowest BCUT2D eigenvalue weighted by Gasteiger charge is -1.98. The Labute approximate surface area is 81.4 Å². The van der Waals surface area contributed by atoms with Crippen molar-refractivity contribution in [3.8, 4) is 11.3 Å². The largest absolute Gasteiger partial charge is 0.282 e. The molecule has 0 saturated heterocycles. The molecule has 14 heavy (non-hydrogen) atoms. The third-order valence-electron chi connectivity index (χ3n) is 2.50. The molecular formula is C10H10N4. The van der Waals surface area contributed by atoms with Gasteiger partial charge in [0.05, 0.1) is 11.9 Å². The summed E-state index contributed by atoms with van der Waals surface area (Å²) in [6.45, 7) is 0. The van der Waals surface area contributed by atoms with Crippen LogP contribution in [0.3, 0.4) is 0 Å². The van der Waals surface area contributed by atoms with E-state index in [2.05, 4.69) is 20.4 Å². The van der Waals surface area contributed by atoms with Gasteiger partial charge in [-0.25, -0.2) is 0 Å². The Morgan fingerprint density at radius 2 is 2.29 bits per heavy atom. The Bertz CT molecular complexity index is 430. The molecule has 0 aromatic carbocycles. The topological polar surface area (TPSA) is 54.5 Å². The fraction of sp³-hybridized carbons (Fsp3) is 0.300. The van der Waals surface area contributed by atoms with Gasteiger partial charge in [-0.1, -0.05) is 0 Å². The van der Waals surface area contributed by atoms with Gasteiger partial charge in [-0.2, -0.15) is 15.3 Å². The van der Waals surface area contributed by atoms with Crippen LogP contribution in [0.2, 0.25) is 0 Å². The van der Waals surface area contributed by atoms with Gasteiger partial charge in [0.25, 0.3) is 0 Å². The summed E-state index contributed by atoms with van der Waals surface area (Å²) in [5, 5.41) is 15.1. The Morgan fingerprint density at radius 1 is 1.36 bits per heavy atom. The molecule has 4 nitrogen and oxygen atoms in total. The molecule has 2 aromatic rings. The molecule has 0 aliphatic heterocycles. The Kier molecular flexibility index (Phi) is 1.59. The molecule has 1 N–H and O–H groups in total. The average molecular weight is 186 g/mol. The number of aromatic nitrogens is 4. The SMILES string of the molecule is c1cnnc(-c2cn[nH]c2C2CC2)c1. The predicted octanol–water partition coefficient (Wildman–Crippen LogP) is 1.74. The molecule has 1 saturated carbocycles. The van der Waals surface area contributed by atoms with E-state index < -0.39 is 0 Å². The molecular weight excluding hydrogens is 176 g/mol. The summed E-state index contributed by atoms with van der Waals surface area (Å²) < 4.78 is 0. The lowest BCUT2D eigenvalue weighted by molar-refractivity contribution is 0.962. The van der Waals surface area contributed by atoms with E-state index in [1.807, 2.05) is 18.3 Å². The number of hydrogen-bond acceptors (Lipinski definition) is 3. The summed E-state index contributed by atoms with van der Waals surface area (Å²) in [5.41, 5.74) is 3.22. The molecule has 2 heterocycles. The Morgan fingerprint density at radius 3 is 3.00 bits per heavy atom. The number of nitrogens with one attached hydrogen (secondary N) is 1. The second kappa shape index (κ2) is 2.90.